The van der Waals surface area contributed by atoms with Gasteiger partial charge in [0.1, 0.15) is 11.4 Å². The Bertz CT molecular complexity index is 1040. The zero-order valence-electron chi connectivity index (χ0n) is 21.2. The third kappa shape index (κ3) is 7.67. The number of alkyl halides is 3. The first-order valence-electron chi connectivity index (χ1n) is 12.5. The summed E-state index contributed by atoms with van der Waals surface area (Å²) in [6.45, 7) is 8.60. The lowest BCUT2D eigenvalue weighted by molar-refractivity contribution is -0.192. The Balaban J connectivity index is 0.000000479. The van der Waals surface area contributed by atoms with Crippen LogP contribution in [0.5, 0.6) is 5.75 Å². The molecule has 0 radical (unpaired) electrons. The Labute approximate surface area is 215 Å². The largest absolute Gasteiger partial charge is 0.490 e. The van der Waals surface area contributed by atoms with Crippen molar-refractivity contribution in [3.05, 3.63) is 59.9 Å². The lowest BCUT2D eigenvalue weighted by Gasteiger charge is -2.47. The van der Waals surface area contributed by atoms with Crippen molar-refractivity contribution >= 4 is 11.9 Å². The number of aromatic nitrogens is 1. The lowest BCUT2D eigenvalue weighted by Crippen LogP contribution is -2.50. The minimum absolute atomic E-state index is 0.159. The van der Waals surface area contributed by atoms with Gasteiger partial charge in [0, 0.05) is 57.5 Å². The van der Waals surface area contributed by atoms with Gasteiger partial charge >= 0.3 is 12.1 Å². The normalized spacial score (nSPS) is 18.7. The number of benzene rings is 1. The van der Waals surface area contributed by atoms with Crippen molar-refractivity contribution in [2.75, 3.05) is 26.2 Å². The molecular formula is C27H34F3N3O4. The van der Waals surface area contributed by atoms with E-state index < -0.39 is 12.1 Å². The average Bonchev–Trinajstić information content (AvgIpc) is 2.87. The second-order valence-corrected chi connectivity index (χ2v) is 9.43. The topological polar surface area (TPSA) is 83.0 Å². The summed E-state index contributed by atoms with van der Waals surface area (Å²) in [5.41, 5.74) is 2.29. The molecule has 0 saturated carbocycles. The number of fused-ring (bicyclic) bond motifs is 1. The van der Waals surface area contributed by atoms with Gasteiger partial charge in [-0.3, -0.25) is 14.7 Å². The highest BCUT2D eigenvalue weighted by molar-refractivity contribution is 5.77. The van der Waals surface area contributed by atoms with Crippen LogP contribution >= 0.6 is 0 Å². The standard InChI is InChI=1S/C25H33N3O2.C2HF3O2/c1-3-28(4-2)24(29)16-21-17-25(30-23-10-6-5-9-22(21)23)11-14-27(15-12-25)19-20-8-7-13-26-18-20;3-2(4,5)1(6)7/h5-10,13,18,21H,3-4,11-12,14-17,19H2,1-2H3;(H,6,7). The number of carboxylic acids is 1. The smallest absolute Gasteiger partial charge is 0.487 e. The Morgan fingerprint density at radius 3 is 2.35 bits per heavy atom. The minimum Gasteiger partial charge on any atom is -0.487 e. The molecule has 1 fully saturated rings. The summed E-state index contributed by atoms with van der Waals surface area (Å²) in [4.78, 5) is 30.4. The summed E-state index contributed by atoms with van der Waals surface area (Å²) < 4.78 is 38.4. The van der Waals surface area contributed by atoms with Gasteiger partial charge in [0.2, 0.25) is 5.91 Å². The maximum atomic E-state index is 12.9. The quantitative estimate of drug-likeness (QED) is 0.584. The summed E-state index contributed by atoms with van der Waals surface area (Å²) in [6, 6.07) is 12.5. The number of aliphatic carboxylic acids is 1. The Hall–Kier alpha value is -3.14. The first kappa shape index (κ1) is 28.4. The van der Waals surface area contributed by atoms with E-state index in [1.54, 1.807) is 0 Å². The lowest BCUT2D eigenvalue weighted by atomic mass is 9.76. The summed E-state index contributed by atoms with van der Waals surface area (Å²) in [7, 11) is 0. The van der Waals surface area contributed by atoms with E-state index in [9.17, 15) is 18.0 Å². The van der Waals surface area contributed by atoms with Gasteiger partial charge in [-0.1, -0.05) is 24.3 Å². The molecule has 1 atom stereocenters. The Kier molecular flexibility index (Phi) is 9.53. The number of hydrogen-bond acceptors (Lipinski definition) is 5. The first-order chi connectivity index (χ1) is 17.6. The number of ether oxygens (including phenoxy) is 1. The maximum Gasteiger partial charge on any atom is 0.490 e. The second-order valence-electron chi connectivity index (χ2n) is 9.43. The third-order valence-corrected chi connectivity index (χ3v) is 6.98. The number of carbonyl (C=O) groups excluding carboxylic acids is 1. The van der Waals surface area contributed by atoms with Crippen molar-refractivity contribution in [2.45, 2.75) is 63.8 Å². The van der Waals surface area contributed by atoms with Gasteiger partial charge in [0.15, 0.2) is 0 Å². The minimum atomic E-state index is -5.08. The van der Waals surface area contributed by atoms with Crippen molar-refractivity contribution in [3.63, 3.8) is 0 Å². The average molecular weight is 522 g/mol. The summed E-state index contributed by atoms with van der Waals surface area (Å²) >= 11 is 0. The molecule has 4 rings (SSSR count). The number of likely N-dealkylation sites (tertiary alicyclic amines) is 1. The van der Waals surface area contributed by atoms with E-state index in [2.05, 4.69) is 48.0 Å². The highest BCUT2D eigenvalue weighted by atomic mass is 19.4. The third-order valence-electron chi connectivity index (χ3n) is 6.98. The van der Waals surface area contributed by atoms with Gasteiger partial charge in [-0.2, -0.15) is 13.2 Å². The van der Waals surface area contributed by atoms with E-state index in [1.165, 1.54) is 11.1 Å². The van der Waals surface area contributed by atoms with Crippen molar-refractivity contribution in [1.82, 2.24) is 14.8 Å². The molecular weight excluding hydrogens is 487 g/mol. The van der Waals surface area contributed by atoms with Gasteiger partial charge in [-0.15, -0.1) is 0 Å². The molecule has 3 heterocycles. The van der Waals surface area contributed by atoms with Crippen molar-refractivity contribution in [2.24, 2.45) is 0 Å². The number of pyridine rings is 1. The van der Waals surface area contributed by atoms with Gasteiger partial charge in [0.05, 0.1) is 0 Å². The van der Waals surface area contributed by atoms with Gasteiger partial charge in [-0.25, -0.2) is 4.79 Å². The number of carboxylic acid groups (broad SMARTS) is 1. The number of nitrogens with zero attached hydrogens (tertiary/aromatic N) is 3. The SMILES string of the molecule is CCN(CC)C(=O)CC1CC2(CCN(Cc3cccnc3)CC2)Oc2ccccc21.O=C(O)C(F)(F)F. The number of para-hydroxylation sites is 1. The van der Waals surface area contributed by atoms with E-state index >= 15 is 0 Å². The van der Waals surface area contributed by atoms with E-state index in [-0.39, 0.29) is 17.4 Å². The molecule has 1 amide bonds. The zero-order chi connectivity index (χ0) is 27.1. The second kappa shape index (κ2) is 12.4. The van der Waals surface area contributed by atoms with E-state index in [4.69, 9.17) is 14.6 Å². The van der Waals surface area contributed by atoms with Crippen LogP contribution in [0.15, 0.2) is 48.8 Å². The molecule has 0 bridgehead atoms. The molecule has 1 aromatic carbocycles. The Morgan fingerprint density at radius 1 is 1.14 bits per heavy atom. The molecule has 2 aromatic rings. The highest BCUT2D eigenvalue weighted by Crippen LogP contribution is 2.46. The molecule has 202 valence electrons. The maximum absolute atomic E-state index is 12.9. The van der Waals surface area contributed by atoms with E-state index in [0.29, 0.717) is 6.42 Å². The highest BCUT2D eigenvalue weighted by Gasteiger charge is 2.43. The van der Waals surface area contributed by atoms with Crippen LogP contribution in [0, 0.1) is 0 Å². The fourth-order valence-corrected chi connectivity index (χ4v) is 5.02. The molecule has 1 spiro atoms. The van der Waals surface area contributed by atoms with Crippen molar-refractivity contribution in [1.29, 1.82) is 0 Å². The molecule has 1 N–H and O–H groups in total. The number of carbonyl (C=O) groups is 2. The van der Waals surface area contributed by atoms with Crippen LogP contribution in [-0.2, 0) is 16.1 Å². The van der Waals surface area contributed by atoms with Crippen LogP contribution in [0.4, 0.5) is 13.2 Å². The van der Waals surface area contributed by atoms with Gasteiger partial charge in [-0.05, 0) is 56.4 Å². The van der Waals surface area contributed by atoms with Gasteiger partial charge < -0.3 is 14.7 Å². The van der Waals surface area contributed by atoms with Crippen LogP contribution in [-0.4, -0.2) is 69.7 Å². The zero-order valence-corrected chi connectivity index (χ0v) is 21.2. The molecule has 7 nitrogen and oxygen atoms in total. The molecule has 0 aliphatic carbocycles. The van der Waals surface area contributed by atoms with Crippen molar-refractivity contribution < 1.29 is 32.6 Å². The monoisotopic (exact) mass is 521 g/mol. The predicted octanol–water partition coefficient (Wildman–Crippen LogP) is 4.87. The molecule has 37 heavy (non-hydrogen) atoms. The van der Waals surface area contributed by atoms with Crippen molar-refractivity contribution in [3.8, 4) is 5.75 Å². The van der Waals surface area contributed by atoms with Gasteiger partial charge in [0.25, 0.3) is 0 Å². The number of hydrogen-bond donors (Lipinski definition) is 1. The summed E-state index contributed by atoms with van der Waals surface area (Å²) in [6.07, 6.45) is 2.18. The number of halogens is 3. The summed E-state index contributed by atoms with van der Waals surface area (Å²) in [5.74, 6) is -1.30. The predicted molar refractivity (Wildman–Crippen MR) is 132 cm³/mol. The van der Waals surface area contributed by atoms with Crippen LogP contribution < -0.4 is 4.74 Å². The van der Waals surface area contributed by atoms with Crippen LogP contribution in [0.2, 0.25) is 0 Å². The number of piperidine rings is 1. The molecule has 2 aliphatic heterocycles. The fourth-order valence-electron chi connectivity index (χ4n) is 5.02. The number of rotatable bonds is 6. The first-order valence-corrected chi connectivity index (χ1v) is 12.5. The molecule has 1 aromatic heterocycles. The molecule has 1 unspecified atom stereocenters. The van der Waals surface area contributed by atoms with Crippen LogP contribution in [0.1, 0.15) is 56.6 Å². The fraction of sp³-hybridized carbons (Fsp3) is 0.519. The van der Waals surface area contributed by atoms with Crippen LogP contribution in [0.25, 0.3) is 0 Å². The Morgan fingerprint density at radius 2 is 1.78 bits per heavy atom. The van der Waals surface area contributed by atoms with E-state index in [1.807, 2.05) is 29.4 Å². The number of amides is 1. The summed E-state index contributed by atoms with van der Waals surface area (Å²) in [5, 5.41) is 7.12. The van der Waals surface area contributed by atoms with E-state index in [0.717, 1.165) is 57.7 Å². The molecule has 1 saturated heterocycles. The molecule has 10 heteroatoms. The molecule has 2 aliphatic rings. The van der Waals surface area contributed by atoms with Crippen LogP contribution in [0.3, 0.4) is 0 Å².